The molecule has 2 aliphatic rings. The zero-order valence-electron chi connectivity index (χ0n) is 16.8. The van der Waals surface area contributed by atoms with Gasteiger partial charge in [0.15, 0.2) is 0 Å². The molecule has 0 aliphatic carbocycles. The van der Waals surface area contributed by atoms with Gasteiger partial charge in [0.2, 0.25) is 0 Å². The minimum absolute atomic E-state index is 0.378. The molecule has 0 radical (unpaired) electrons. The topological polar surface area (TPSA) is 87.8 Å². The van der Waals surface area contributed by atoms with Crippen molar-refractivity contribution in [1.29, 1.82) is 0 Å². The highest BCUT2D eigenvalue weighted by Gasteiger charge is 2.30. The summed E-state index contributed by atoms with van der Waals surface area (Å²) in [6, 6.07) is 17.8. The van der Waals surface area contributed by atoms with Crippen LogP contribution in [0.2, 0.25) is 0 Å². The van der Waals surface area contributed by atoms with Gasteiger partial charge < -0.3 is 19.9 Å². The number of carbonyl (C=O) groups is 2. The van der Waals surface area contributed by atoms with Crippen molar-refractivity contribution >= 4 is 28.8 Å². The second-order valence-corrected chi connectivity index (χ2v) is 7.34. The van der Waals surface area contributed by atoms with Crippen molar-refractivity contribution in [1.82, 2.24) is 0 Å². The molecule has 0 fully saturated rings. The largest absolute Gasteiger partial charge is 0.491 e. The molecule has 0 aromatic heterocycles. The predicted octanol–water partition coefficient (Wildman–Crippen LogP) is 2.29. The van der Waals surface area contributed by atoms with Gasteiger partial charge in [-0.2, -0.15) is 0 Å². The summed E-state index contributed by atoms with van der Waals surface area (Å²) in [6.07, 6.45) is 0.836. The summed E-state index contributed by atoms with van der Waals surface area (Å²) < 4.78 is 16.8. The second-order valence-electron chi connectivity index (χ2n) is 7.34. The van der Waals surface area contributed by atoms with Gasteiger partial charge in [-0.3, -0.25) is 0 Å². The van der Waals surface area contributed by atoms with E-state index in [-0.39, 0.29) is 0 Å². The molecule has 5 rings (SSSR count). The number of fused-ring (bicyclic) bond motifs is 2. The summed E-state index contributed by atoms with van der Waals surface area (Å²) in [5, 5.41) is 1.17. The smallest absolute Gasteiger partial charge is 0.344 e. The van der Waals surface area contributed by atoms with Gasteiger partial charge in [-0.1, -0.05) is 43.3 Å². The standard InChI is InChI=1S/C25H19NO5/c1-2-10-29-21-11-15(8-9-18(21)26)23-17-13-19-16(12-20(17)31-25(23)28)22(24(27)30-19)14-6-4-3-5-7-14/h3-9,11-13H,2,10,26H2,1H3. The summed E-state index contributed by atoms with van der Waals surface area (Å²) in [7, 11) is 0. The molecule has 6 nitrogen and oxygen atoms in total. The molecule has 0 saturated heterocycles. The van der Waals surface area contributed by atoms with Crippen LogP contribution in [0.15, 0.2) is 60.7 Å². The van der Waals surface area contributed by atoms with Crippen LogP contribution in [0.25, 0.3) is 11.1 Å². The van der Waals surface area contributed by atoms with E-state index >= 15 is 0 Å². The lowest BCUT2D eigenvalue weighted by molar-refractivity contribution is -0.128. The van der Waals surface area contributed by atoms with E-state index in [1.165, 1.54) is 0 Å². The zero-order chi connectivity index (χ0) is 21.5. The fourth-order valence-electron chi connectivity index (χ4n) is 3.82. The van der Waals surface area contributed by atoms with Gasteiger partial charge >= 0.3 is 11.9 Å². The number of anilines is 1. The van der Waals surface area contributed by atoms with Crippen LogP contribution in [-0.4, -0.2) is 18.5 Å². The van der Waals surface area contributed by atoms with Crippen molar-refractivity contribution in [2.45, 2.75) is 13.3 Å². The number of rotatable bonds is 5. The molecule has 0 spiro atoms. The van der Waals surface area contributed by atoms with Crippen LogP contribution in [0.5, 0.6) is 17.2 Å². The molecule has 0 saturated carbocycles. The lowest BCUT2D eigenvalue weighted by Crippen LogP contribution is -2.11. The summed E-state index contributed by atoms with van der Waals surface area (Å²) in [5.74, 6) is 0.396. The van der Waals surface area contributed by atoms with E-state index in [1.807, 2.05) is 37.3 Å². The highest BCUT2D eigenvalue weighted by molar-refractivity contribution is 6.21. The molecule has 154 valence electrons. The monoisotopic (exact) mass is 413 g/mol. The van der Waals surface area contributed by atoms with Crippen LogP contribution >= 0.6 is 0 Å². The zero-order valence-corrected chi connectivity index (χ0v) is 16.8. The Balaban J connectivity index is 1.70. The van der Waals surface area contributed by atoms with Crippen molar-refractivity contribution in [2.75, 3.05) is 12.3 Å². The molecule has 3 aromatic rings. The minimum Gasteiger partial charge on any atom is -0.491 e. The van der Waals surface area contributed by atoms with Crippen molar-refractivity contribution in [3.8, 4) is 17.2 Å². The minimum atomic E-state index is -0.475. The maximum Gasteiger partial charge on any atom is 0.344 e. The van der Waals surface area contributed by atoms with E-state index < -0.39 is 11.9 Å². The first-order valence-corrected chi connectivity index (χ1v) is 10.0. The molecule has 0 bridgehead atoms. The number of benzene rings is 3. The Morgan fingerprint density at radius 2 is 1.42 bits per heavy atom. The number of hydrogen-bond acceptors (Lipinski definition) is 6. The Hall–Kier alpha value is -4.06. The normalized spacial score (nSPS) is 14.2. The predicted molar refractivity (Wildman–Crippen MR) is 115 cm³/mol. The third-order valence-corrected chi connectivity index (χ3v) is 5.26. The van der Waals surface area contributed by atoms with Crippen LogP contribution in [-0.2, 0) is 9.59 Å². The highest BCUT2D eigenvalue weighted by atomic mass is 16.5. The second kappa shape index (κ2) is 7.32. The molecule has 0 unspecified atom stereocenters. The van der Waals surface area contributed by atoms with E-state index in [0.717, 1.165) is 12.0 Å². The summed E-state index contributed by atoms with van der Waals surface area (Å²) in [4.78, 5) is 25.3. The lowest BCUT2D eigenvalue weighted by Gasteiger charge is -2.10. The molecule has 0 amide bonds. The average molecular weight is 413 g/mol. The quantitative estimate of drug-likeness (QED) is 0.392. The molecule has 2 N–H and O–H groups in total. The first kappa shape index (κ1) is 18.9. The van der Waals surface area contributed by atoms with Crippen LogP contribution in [0.3, 0.4) is 0 Å². The van der Waals surface area contributed by atoms with Gasteiger partial charge in [-0.15, -0.1) is 0 Å². The number of nitrogen functional groups attached to an aromatic ring is 1. The van der Waals surface area contributed by atoms with E-state index in [2.05, 4.69) is 0 Å². The summed E-state index contributed by atoms with van der Waals surface area (Å²) in [5.41, 5.74) is 8.70. The highest BCUT2D eigenvalue weighted by Crippen LogP contribution is 2.30. The van der Waals surface area contributed by atoms with E-state index in [0.29, 0.717) is 56.7 Å². The van der Waals surface area contributed by atoms with Crippen molar-refractivity contribution in [2.24, 2.45) is 0 Å². The molecule has 6 heteroatoms. The third kappa shape index (κ3) is 3.13. The maximum atomic E-state index is 12.7. The summed E-state index contributed by atoms with van der Waals surface area (Å²) in [6.45, 7) is 2.52. The van der Waals surface area contributed by atoms with E-state index in [1.54, 1.807) is 30.3 Å². The fourth-order valence-corrected chi connectivity index (χ4v) is 3.82. The molecular weight excluding hydrogens is 394 g/mol. The van der Waals surface area contributed by atoms with Crippen LogP contribution in [0, 0.1) is 0 Å². The Labute approximate surface area is 178 Å². The van der Waals surface area contributed by atoms with Crippen molar-refractivity contribution in [3.63, 3.8) is 0 Å². The first-order chi connectivity index (χ1) is 15.1. The van der Waals surface area contributed by atoms with Gasteiger partial charge in [0.1, 0.15) is 17.2 Å². The molecule has 0 atom stereocenters. The number of ether oxygens (including phenoxy) is 3. The number of hydrogen-bond donors (Lipinski definition) is 1. The van der Waals surface area contributed by atoms with E-state index in [4.69, 9.17) is 19.9 Å². The lowest BCUT2D eigenvalue weighted by atomic mass is 10.0. The average Bonchev–Trinajstić information content (AvgIpc) is 3.26. The fraction of sp³-hybridized carbons (Fsp3) is 0.120. The van der Waals surface area contributed by atoms with Gasteiger partial charge in [-0.25, -0.2) is 9.59 Å². The summed E-state index contributed by atoms with van der Waals surface area (Å²) >= 11 is 0. The molecule has 31 heavy (non-hydrogen) atoms. The molecular formula is C25H19NO5. The SMILES string of the molecule is CCCOc1cc(C2=c3cc4c(cc3OC2=O)=C(c2ccccc2)C(=O)O4)ccc1N. The maximum absolute atomic E-state index is 12.7. The van der Waals surface area contributed by atoms with Gasteiger partial charge in [0, 0.05) is 10.4 Å². The Morgan fingerprint density at radius 1 is 0.806 bits per heavy atom. The molecule has 3 aromatic carbocycles. The van der Waals surface area contributed by atoms with Crippen molar-refractivity contribution < 1.29 is 23.8 Å². The first-order valence-electron chi connectivity index (χ1n) is 10.0. The number of esters is 2. The number of nitrogens with two attached hydrogens (primary N) is 1. The van der Waals surface area contributed by atoms with Crippen LogP contribution in [0.4, 0.5) is 5.69 Å². The van der Waals surface area contributed by atoms with Gasteiger partial charge in [0.25, 0.3) is 0 Å². The Morgan fingerprint density at radius 3 is 2.03 bits per heavy atom. The Bertz CT molecular complexity index is 1360. The third-order valence-electron chi connectivity index (χ3n) is 5.26. The number of carbonyl (C=O) groups excluding carboxylic acids is 2. The molecule has 2 aliphatic heterocycles. The van der Waals surface area contributed by atoms with E-state index in [9.17, 15) is 9.59 Å². The Kier molecular flexibility index (Phi) is 4.47. The van der Waals surface area contributed by atoms with Gasteiger partial charge in [0.05, 0.1) is 23.4 Å². The van der Waals surface area contributed by atoms with Gasteiger partial charge in [-0.05, 0) is 41.8 Å². The van der Waals surface area contributed by atoms with Crippen LogP contribution < -0.4 is 30.4 Å². The molecule has 2 heterocycles. The van der Waals surface area contributed by atoms with Crippen molar-refractivity contribution in [3.05, 3.63) is 82.2 Å². The van der Waals surface area contributed by atoms with Crippen LogP contribution in [0.1, 0.15) is 24.5 Å².